The molecule has 0 aliphatic carbocycles. The number of aromatic nitrogens is 4. The third-order valence-electron chi connectivity index (χ3n) is 5.45. The quantitative estimate of drug-likeness (QED) is 0.430. The lowest BCUT2D eigenvalue weighted by atomic mass is 10.1. The molecule has 164 valence electrons. The summed E-state index contributed by atoms with van der Waals surface area (Å²) in [7, 11) is 0. The summed E-state index contributed by atoms with van der Waals surface area (Å²) in [5.41, 5.74) is 5.18. The molecule has 7 nitrogen and oxygen atoms in total. The van der Waals surface area contributed by atoms with Crippen molar-refractivity contribution in [3.05, 3.63) is 89.1 Å². The molecule has 0 saturated heterocycles. The van der Waals surface area contributed by atoms with Crippen molar-refractivity contribution < 1.29 is 9.21 Å². The normalized spacial score (nSPS) is 10.9. The van der Waals surface area contributed by atoms with Gasteiger partial charge < -0.3 is 9.73 Å². The number of nitrogens with one attached hydrogen (secondary N) is 1. The SMILES string of the molecule is Cc1nn(Cc2ccccc2)c(C)c1CNC(=O)CCCc1nnc(-c2ccccc2)o1. The van der Waals surface area contributed by atoms with Gasteiger partial charge in [0.1, 0.15) is 0 Å². The largest absolute Gasteiger partial charge is 0.421 e. The Labute approximate surface area is 187 Å². The molecule has 32 heavy (non-hydrogen) atoms. The smallest absolute Gasteiger partial charge is 0.247 e. The van der Waals surface area contributed by atoms with E-state index in [-0.39, 0.29) is 5.91 Å². The van der Waals surface area contributed by atoms with E-state index in [1.165, 1.54) is 5.56 Å². The van der Waals surface area contributed by atoms with Gasteiger partial charge in [0.25, 0.3) is 0 Å². The first-order chi connectivity index (χ1) is 15.6. The molecular formula is C25H27N5O2. The molecule has 1 amide bonds. The molecule has 4 aromatic rings. The summed E-state index contributed by atoms with van der Waals surface area (Å²) in [6.07, 6.45) is 1.62. The second kappa shape index (κ2) is 10.0. The van der Waals surface area contributed by atoms with Gasteiger partial charge in [-0.15, -0.1) is 10.2 Å². The molecule has 0 unspecified atom stereocenters. The first-order valence-electron chi connectivity index (χ1n) is 10.8. The van der Waals surface area contributed by atoms with Crippen molar-refractivity contribution in [2.45, 2.75) is 46.2 Å². The van der Waals surface area contributed by atoms with Gasteiger partial charge in [0.05, 0.1) is 12.2 Å². The molecule has 0 bridgehead atoms. The summed E-state index contributed by atoms with van der Waals surface area (Å²) in [6, 6.07) is 19.9. The third kappa shape index (κ3) is 5.29. The van der Waals surface area contributed by atoms with Crippen LogP contribution in [0.2, 0.25) is 0 Å². The van der Waals surface area contributed by atoms with E-state index in [1.54, 1.807) is 0 Å². The Morgan fingerprint density at radius 3 is 2.47 bits per heavy atom. The molecule has 2 aromatic carbocycles. The predicted octanol–water partition coefficient (Wildman–Crippen LogP) is 4.24. The molecule has 0 atom stereocenters. The molecule has 4 rings (SSSR count). The van der Waals surface area contributed by atoms with Crippen LogP contribution in [0.5, 0.6) is 0 Å². The molecule has 0 saturated carbocycles. The van der Waals surface area contributed by atoms with Crippen LogP contribution >= 0.6 is 0 Å². The standard InChI is InChI=1S/C25H27N5O2/c1-18-22(19(2)30(29-18)17-20-10-5-3-6-11-20)16-26-23(31)14-9-15-24-27-28-25(32-24)21-12-7-4-8-13-21/h3-8,10-13H,9,14-17H2,1-2H3,(H,26,31). The molecule has 2 aromatic heterocycles. The Morgan fingerprint density at radius 1 is 1.00 bits per heavy atom. The van der Waals surface area contributed by atoms with Crippen LogP contribution in [-0.2, 0) is 24.3 Å². The fraction of sp³-hybridized carbons (Fsp3) is 0.280. The number of rotatable bonds is 9. The fourth-order valence-corrected chi connectivity index (χ4v) is 3.63. The van der Waals surface area contributed by atoms with Gasteiger partial charge in [-0.1, -0.05) is 48.5 Å². The maximum Gasteiger partial charge on any atom is 0.247 e. The zero-order valence-corrected chi connectivity index (χ0v) is 18.4. The zero-order valence-electron chi connectivity index (χ0n) is 18.4. The van der Waals surface area contributed by atoms with Gasteiger partial charge in [0, 0.05) is 36.2 Å². The van der Waals surface area contributed by atoms with Crippen LogP contribution in [0, 0.1) is 13.8 Å². The topological polar surface area (TPSA) is 85.8 Å². The van der Waals surface area contributed by atoms with Crippen LogP contribution < -0.4 is 5.32 Å². The summed E-state index contributed by atoms with van der Waals surface area (Å²) in [5, 5.41) is 15.8. The first kappa shape index (κ1) is 21.5. The van der Waals surface area contributed by atoms with Crippen molar-refractivity contribution >= 4 is 5.91 Å². The van der Waals surface area contributed by atoms with Gasteiger partial charge in [0.2, 0.25) is 17.7 Å². The summed E-state index contributed by atoms with van der Waals surface area (Å²) in [4.78, 5) is 12.3. The van der Waals surface area contributed by atoms with E-state index in [2.05, 4.69) is 32.7 Å². The molecule has 0 aliphatic heterocycles. The van der Waals surface area contributed by atoms with Crippen molar-refractivity contribution in [1.82, 2.24) is 25.3 Å². The van der Waals surface area contributed by atoms with Crippen molar-refractivity contribution in [3.8, 4) is 11.5 Å². The van der Waals surface area contributed by atoms with Crippen LogP contribution in [0.25, 0.3) is 11.5 Å². The van der Waals surface area contributed by atoms with Crippen molar-refractivity contribution in [2.75, 3.05) is 0 Å². The van der Waals surface area contributed by atoms with E-state index in [0.29, 0.717) is 37.6 Å². The van der Waals surface area contributed by atoms with E-state index in [0.717, 1.165) is 29.1 Å². The summed E-state index contributed by atoms with van der Waals surface area (Å²) >= 11 is 0. The van der Waals surface area contributed by atoms with Crippen LogP contribution in [0.15, 0.2) is 65.1 Å². The molecule has 0 aliphatic rings. The van der Waals surface area contributed by atoms with E-state index >= 15 is 0 Å². The monoisotopic (exact) mass is 429 g/mol. The maximum atomic E-state index is 12.3. The average Bonchev–Trinajstić information content (AvgIpc) is 3.38. The maximum absolute atomic E-state index is 12.3. The van der Waals surface area contributed by atoms with Crippen molar-refractivity contribution in [1.29, 1.82) is 0 Å². The van der Waals surface area contributed by atoms with Crippen LogP contribution in [0.1, 0.15) is 41.2 Å². The molecule has 7 heteroatoms. The summed E-state index contributed by atoms with van der Waals surface area (Å²) < 4.78 is 7.69. The predicted molar refractivity (Wildman–Crippen MR) is 122 cm³/mol. The minimum absolute atomic E-state index is 0.00223. The average molecular weight is 430 g/mol. The minimum Gasteiger partial charge on any atom is -0.421 e. The number of carbonyl (C=O) groups excluding carboxylic acids is 1. The number of aryl methyl sites for hydroxylation is 2. The lowest BCUT2D eigenvalue weighted by Crippen LogP contribution is -2.23. The number of carbonyl (C=O) groups is 1. The Hall–Kier alpha value is -3.74. The van der Waals surface area contributed by atoms with Gasteiger partial charge in [0.15, 0.2) is 0 Å². The highest BCUT2D eigenvalue weighted by Gasteiger charge is 2.13. The van der Waals surface area contributed by atoms with Crippen LogP contribution in [-0.4, -0.2) is 25.9 Å². The number of nitrogens with zero attached hydrogens (tertiary/aromatic N) is 4. The Bertz CT molecular complexity index is 1170. The lowest BCUT2D eigenvalue weighted by molar-refractivity contribution is -0.121. The van der Waals surface area contributed by atoms with E-state index in [1.807, 2.05) is 67.1 Å². The van der Waals surface area contributed by atoms with Crippen LogP contribution in [0.4, 0.5) is 0 Å². The minimum atomic E-state index is 0.00223. The van der Waals surface area contributed by atoms with Gasteiger partial charge in [-0.05, 0) is 38.0 Å². The Balaban J connectivity index is 1.25. The van der Waals surface area contributed by atoms with Crippen molar-refractivity contribution in [2.24, 2.45) is 0 Å². The lowest BCUT2D eigenvalue weighted by Gasteiger charge is -2.07. The summed E-state index contributed by atoms with van der Waals surface area (Å²) in [5.74, 6) is 1.05. The highest BCUT2D eigenvalue weighted by Crippen LogP contribution is 2.18. The molecule has 0 fully saturated rings. The molecule has 1 N–H and O–H groups in total. The fourth-order valence-electron chi connectivity index (χ4n) is 3.63. The van der Waals surface area contributed by atoms with Gasteiger partial charge >= 0.3 is 0 Å². The molecule has 2 heterocycles. The molecule has 0 radical (unpaired) electrons. The highest BCUT2D eigenvalue weighted by atomic mass is 16.4. The number of amides is 1. The van der Waals surface area contributed by atoms with Gasteiger partial charge in [-0.2, -0.15) is 5.10 Å². The Kier molecular flexibility index (Phi) is 6.75. The molecular weight excluding hydrogens is 402 g/mol. The van der Waals surface area contributed by atoms with Gasteiger partial charge in [-0.3, -0.25) is 9.48 Å². The molecule has 0 spiro atoms. The van der Waals surface area contributed by atoms with Crippen molar-refractivity contribution in [3.63, 3.8) is 0 Å². The first-order valence-corrected chi connectivity index (χ1v) is 10.8. The van der Waals surface area contributed by atoms with E-state index in [9.17, 15) is 4.79 Å². The van der Waals surface area contributed by atoms with E-state index in [4.69, 9.17) is 4.42 Å². The van der Waals surface area contributed by atoms with Gasteiger partial charge in [-0.25, -0.2) is 0 Å². The summed E-state index contributed by atoms with van der Waals surface area (Å²) in [6.45, 7) is 5.22. The second-order valence-electron chi connectivity index (χ2n) is 7.79. The number of hydrogen-bond acceptors (Lipinski definition) is 5. The number of benzene rings is 2. The van der Waals surface area contributed by atoms with Crippen LogP contribution in [0.3, 0.4) is 0 Å². The highest BCUT2D eigenvalue weighted by molar-refractivity contribution is 5.75. The second-order valence-corrected chi connectivity index (χ2v) is 7.79. The Morgan fingerprint density at radius 2 is 1.72 bits per heavy atom. The van der Waals surface area contributed by atoms with E-state index < -0.39 is 0 Å². The third-order valence-corrected chi connectivity index (χ3v) is 5.45. The zero-order chi connectivity index (χ0) is 22.3. The number of hydrogen-bond donors (Lipinski definition) is 1.